The first-order chi connectivity index (χ1) is 11.8. The summed E-state index contributed by atoms with van der Waals surface area (Å²) in [7, 11) is -2.12. The van der Waals surface area contributed by atoms with Gasteiger partial charge in [-0.05, 0) is 51.0 Å². The van der Waals surface area contributed by atoms with Gasteiger partial charge in [0.25, 0.3) is 5.91 Å². The molecular weight excluding hydrogens is 356 g/mol. The minimum absolute atomic E-state index is 0.0955. The zero-order valence-electron chi connectivity index (χ0n) is 16.1. The molecule has 1 unspecified atom stereocenters. The smallest absolute Gasteiger partial charge is 0.305 e. The minimum atomic E-state index is -3.62. The van der Waals surface area contributed by atoms with Crippen molar-refractivity contribution in [2.24, 2.45) is 5.92 Å². The van der Waals surface area contributed by atoms with Crippen LogP contribution in [0.4, 0.5) is 0 Å². The molecule has 7 nitrogen and oxygen atoms in total. The predicted octanol–water partition coefficient (Wildman–Crippen LogP) is 2.33. The summed E-state index contributed by atoms with van der Waals surface area (Å²) in [5, 5.41) is 11.8. The number of hydrogen-bond acceptors (Lipinski definition) is 4. The monoisotopic (exact) mass is 384 g/mol. The van der Waals surface area contributed by atoms with Gasteiger partial charge in [0, 0.05) is 18.7 Å². The number of rotatable bonds is 8. The first-order valence-corrected chi connectivity index (χ1v) is 9.87. The van der Waals surface area contributed by atoms with Gasteiger partial charge in [-0.15, -0.1) is 0 Å². The zero-order chi connectivity index (χ0) is 20.3. The molecule has 1 amide bonds. The van der Waals surface area contributed by atoms with E-state index in [1.54, 1.807) is 20.8 Å². The van der Waals surface area contributed by atoms with Gasteiger partial charge in [0.1, 0.15) is 0 Å². The Labute approximate surface area is 155 Å². The lowest BCUT2D eigenvalue weighted by Crippen LogP contribution is -2.51. The van der Waals surface area contributed by atoms with Gasteiger partial charge in [0.05, 0.1) is 16.9 Å². The second kappa shape index (κ2) is 8.18. The summed E-state index contributed by atoms with van der Waals surface area (Å²) in [5.41, 5.74) is -0.640. The molecule has 0 spiro atoms. The molecule has 26 heavy (non-hydrogen) atoms. The van der Waals surface area contributed by atoms with Crippen LogP contribution in [0.2, 0.25) is 0 Å². The number of nitrogens with one attached hydrogen (secondary N) is 1. The Hall–Kier alpha value is -1.93. The number of sulfonamides is 1. The van der Waals surface area contributed by atoms with Crippen LogP contribution in [0.5, 0.6) is 0 Å². The fraction of sp³-hybridized carbons (Fsp3) is 0.556. The standard InChI is InChI=1S/C18H28N2O5S/c1-12(2)18(5,11-16(21)22)19-17(23)14-7-9-15(10-8-14)26(24,25)20(6)13(3)4/h7-10,12-13H,11H2,1-6H3,(H,19,23)(H,21,22). The number of benzene rings is 1. The van der Waals surface area contributed by atoms with Crippen LogP contribution in [0.3, 0.4) is 0 Å². The van der Waals surface area contributed by atoms with Gasteiger partial charge >= 0.3 is 5.97 Å². The third-order valence-corrected chi connectivity index (χ3v) is 6.76. The van der Waals surface area contributed by atoms with E-state index in [4.69, 9.17) is 5.11 Å². The summed E-state index contributed by atoms with van der Waals surface area (Å²) in [4.78, 5) is 23.7. The van der Waals surface area contributed by atoms with Gasteiger partial charge in [0.15, 0.2) is 0 Å². The van der Waals surface area contributed by atoms with E-state index in [9.17, 15) is 18.0 Å². The third-order valence-electron chi connectivity index (χ3n) is 4.71. The molecule has 0 saturated heterocycles. The summed E-state index contributed by atoms with van der Waals surface area (Å²) in [5.74, 6) is -1.54. The van der Waals surface area contributed by atoms with Crippen molar-refractivity contribution < 1.29 is 23.1 Å². The highest BCUT2D eigenvalue weighted by molar-refractivity contribution is 7.89. The van der Waals surface area contributed by atoms with E-state index < -0.39 is 27.4 Å². The molecule has 0 aliphatic heterocycles. The normalized spacial score (nSPS) is 14.5. The summed E-state index contributed by atoms with van der Waals surface area (Å²) in [6, 6.07) is 5.43. The average Bonchev–Trinajstić information content (AvgIpc) is 2.53. The van der Waals surface area contributed by atoms with Crippen molar-refractivity contribution in [2.45, 2.75) is 57.5 Å². The first-order valence-electron chi connectivity index (χ1n) is 8.43. The predicted molar refractivity (Wildman–Crippen MR) is 99.5 cm³/mol. The summed E-state index contributed by atoms with van der Waals surface area (Å²) in [6.45, 7) is 8.89. The maximum absolute atomic E-state index is 12.5. The molecule has 1 aromatic carbocycles. The second-order valence-electron chi connectivity index (χ2n) is 7.24. The Morgan fingerprint density at radius 1 is 1.15 bits per heavy atom. The van der Waals surface area contributed by atoms with Crippen LogP contribution in [-0.4, -0.2) is 48.3 Å². The summed E-state index contributed by atoms with van der Waals surface area (Å²) < 4.78 is 26.2. The first kappa shape index (κ1) is 22.1. The number of hydrogen-bond donors (Lipinski definition) is 2. The topological polar surface area (TPSA) is 104 Å². The summed E-state index contributed by atoms with van der Waals surface area (Å²) >= 11 is 0. The molecule has 0 saturated carbocycles. The van der Waals surface area contributed by atoms with Crippen molar-refractivity contribution in [3.63, 3.8) is 0 Å². The molecule has 0 aliphatic carbocycles. The molecule has 0 fully saturated rings. The highest BCUT2D eigenvalue weighted by Crippen LogP contribution is 2.22. The lowest BCUT2D eigenvalue weighted by Gasteiger charge is -2.33. The van der Waals surface area contributed by atoms with E-state index in [1.807, 2.05) is 13.8 Å². The minimum Gasteiger partial charge on any atom is -0.481 e. The van der Waals surface area contributed by atoms with Crippen molar-refractivity contribution >= 4 is 21.9 Å². The van der Waals surface area contributed by atoms with Gasteiger partial charge in [0.2, 0.25) is 10.0 Å². The molecule has 1 aromatic rings. The van der Waals surface area contributed by atoms with Crippen molar-refractivity contribution in [3.8, 4) is 0 Å². The number of carbonyl (C=O) groups is 2. The highest BCUT2D eigenvalue weighted by atomic mass is 32.2. The van der Waals surface area contributed by atoms with Crippen LogP contribution >= 0.6 is 0 Å². The molecule has 1 rings (SSSR count). The van der Waals surface area contributed by atoms with Crippen LogP contribution < -0.4 is 5.32 Å². The fourth-order valence-corrected chi connectivity index (χ4v) is 3.63. The Kier molecular flexibility index (Phi) is 6.95. The number of nitrogens with zero attached hydrogens (tertiary/aromatic N) is 1. The van der Waals surface area contributed by atoms with Crippen LogP contribution in [-0.2, 0) is 14.8 Å². The molecule has 0 radical (unpaired) electrons. The van der Waals surface area contributed by atoms with Crippen molar-refractivity contribution in [2.75, 3.05) is 7.05 Å². The van der Waals surface area contributed by atoms with Crippen LogP contribution in [0, 0.1) is 5.92 Å². The largest absolute Gasteiger partial charge is 0.481 e. The number of carboxylic acid groups (broad SMARTS) is 1. The SMILES string of the molecule is CC(C)N(C)S(=O)(=O)c1ccc(C(=O)NC(C)(CC(=O)O)C(C)C)cc1. The number of amides is 1. The van der Waals surface area contributed by atoms with Gasteiger partial charge in [-0.25, -0.2) is 8.42 Å². The van der Waals surface area contributed by atoms with Crippen LogP contribution in [0.1, 0.15) is 51.4 Å². The van der Waals surface area contributed by atoms with E-state index in [0.29, 0.717) is 0 Å². The molecule has 0 aromatic heterocycles. The fourth-order valence-electron chi connectivity index (χ4n) is 2.26. The van der Waals surface area contributed by atoms with Crippen LogP contribution in [0.25, 0.3) is 0 Å². The highest BCUT2D eigenvalue weighted by Gasteiger charge is 2.33. The second-order valence-corrected chi connectivity index (χ2v) is 9.23. The molecule has 0 bridgehead atoms. The van der Waals surface area contributed by atoms with E-state index in [1.165, 1.54) is 35.6 Å². The molecule has 146 valence electrons. The number of aliphatic carboxylic acids is 1. The zero-order valence-corrected chi connectivity index (χ0v) is 16.9. The van der Waals surface area contributed by atoms with Gasteiger partial charge in [-0.2, -0.15) is 4.31 Å². The molecule has 0 aliphatic rings. The molecule has 0 heterocycles. The van der Waals surface area contributed by atoms with Crippen molar-refractivity contribution in [1.29, 1.82) is 0 Å². The van der Waals surface area contributed by atoms with Gasteiger partial charge in [-0.1, -0.05) is 13.8 Å². The number of carbonyl (C=O) groups excluding carboxylic acids is 1. The Balaban J connectivity index is 3.05. The third kappa shape index (κ3) is 5.04. The number of carboxylic acids is 1. The Morgan fingerprint density at radius 2 is 1.65 bits per heavy atom. The molecule has 1 atom stereocenters. The van der Waals surface area contributed by atoms with Crippen molar-refractivity contribution in [1.82, 2.24) is 9.62 Å². The van der Waals surface area contributed by atoms with E-state index in [2.05, 4.69) is 5.32 Å². The van der Waals surface area contributed by atoms with E-state index in [-0.39, 0.29) is 28.8 Å². The Bertz CT molecular complexity index is 756. The van der Waals surface area contributed by atoms with Crippen LogP contribution in [0.15, 0.2) is 29.2 Å². The maximum atomic E-state index is 12.5. The van der Waals surface area contributed by atoms with Crippen molar-refractivity contribution in [3.05, 3.63) is 29.8 Å². The summed E-state index contributed by atoms with van der Waals surface area (Å²) in [6.07, 6.45) is -0.206. The van der Waals surface area contributed by atoms with E-state index >= 15 is 0 Å². The molecule has 2 N–H and O–H groups in total. The van der Waals surface area contributed by atoms with E-state index in [0.717, 1.165) is 0 Å². The lowest BCUT2D eigenvalue weighted by atomic mass is 9.85. The maximum Gasteiger partial charge on any atom is 0.305 e. The Morgan fingerprint density at radius 3 is 2.04 bits per heavy atom. The average molecular weight is 384 g/mol. The molecule has 8 heteroatoms. The van der Waals surface area contributed by atoms with Gasteiger partial charge < -0.3 is 10.4 Å². The molecular formula is C18H28N2O5S. The lowest BCUT2D eigenvalue weighted by molar-refractivity contribution is -0.138. The quantitative estimate of drug-likeness (QED) is 0.716. The van der Waals surface area contributed by atoms with Gasteiger partial charge in [-0.3, -0.25) is 9.59 Å².